The van der Waals surface area contributed by atoms with Gasteiger partial charge in [-0.3, -0.25) is 9.59 Å². The van der Waals surface area contributed by atoms with Gasteiger partial charge in [0.2, 0.25) is 11.8 Å². The number of nitrogens with one attached hydrogen (secondary N) is 1. The molecule has 6 heteroatoms. The van der Waals surface area contributed by atoms with Crippen LogP contribution in [0.2, 0.25) is 10.0 Å². The van der Waals surface area contributed by atoms with E-state index >= 15 is 0 Å². The zero-order valence-electron chi connectivity index (χ0n) is 17.1. The normalized spacial score (nSPS) is 11.9. The number of benzene rings is 2. The smallest absolute Gasteiger partial charge is 0.242 e. The van der Waals surface area contributed by atoms with E-state index in [9.17, 15) is 9.59 Å². The summed E-state index contributed by atoms with van der Waals surface area (Å²) < 4.78 is 0. The molecule has 0 aromatic heterocycles. The Bertz CT molecular complexity index is 825. The fourth-order valence-electron chi connectivity index (χ4n) is 3.20. The summed E-state index contributed by atoms with van der Waals surface area (Å²) in [5, 5.41) is 3.80. The van der Waals surface area contributed by atoms with Gasteiger partial charge in [0.1, 0.15) is 6.04 Å². The Morgan fingerprint density at radius 1 is 1.00 bits per heavy atom. The van der Waals surface area contributed by atoms with Crippen LogP contribution in [0, 0.1) is 0 Å². The van der Waals surface area contributed by atoms with Crippen molar-refractivity contribution in [3.05, 3.63) is 69.7 Å². The fourth-order valence-corrected chi connectivity index (χ4v) is 3.52. The minimum absolute atomic E-state index is 0.0118. The minimum Gasteiger partial charge on any atom is -0.352 e. The van der Waals surface area contributed by atoms with E-state index in [4.69, 9.17) is 23.2 Å². The first-order chi connectivity index (χ1) is 13.8. The lowest BCUT2D eigenvalue weighted by atomic mass is 10.1. The van der Waals surface area contributed by atoms with Gasteiger partial charge in [-0.15, -0.1) is 0 Å². The molecule has 2 aromatic rings. The molecule has 1 N–H and O–H groups in total. The molecule has 0 aliphatic heterocycles. The Labute approximate surface area is 183 Å². The lowest BCUT2D eigenvalue weighted by molar-refractivity contribution is -0.140. The topological polar surface area (TPSA) is 49.4 Å². The Morgan fingerprint density at radius 3 is 2.28 bits per heavy atom. The highest BCUT2D eigenvalue weighted by molar-refractivity contribution is 6.42. The lowest BCUT2D eigenvalue weighted by Gasteiger charge is -2.31. The highest BCUT2D eigenvalue weighted by Gasteiger charge is 2.28. The van der Waals surface area contributed by atoms with Crippen LogP contribution in [0.15, 0.2) is 48.5 Å². The van der Waals surface area contributed by atoms with Crippen molar-refractivity contribution in [1.29, 1.82) is 0 Å². The van der Waals surface area contributed by atoms with Gasteiger partial charge in [0.05, 0.1) is 16.5 Å². The molecular weight excluding hydrogens is 407 g/mol. The first-order valence-corrected chi connectivity index (χ1v) is 10.6. The number of hydrogen-bond acceptors (Lipinski definition) is 2. The van der Waals surface area contributed by atoms with Crippen molar-refractivity contribution in [2.75, 3.05) is 6.54 Å². The van der Waals surface area contributed by atoms with Gasteiger partial charge >= 0.3 is 0 Å². The van der Waals surface area contributed by atoms with Crippen molar-refractivity contribution in [2.24, 2.45) is 0 Å². The molecular formula is C23H28Cl2N2O2. The molecule has 0 fully saturated rings. The van der Waals surface area contributed by atoms with Crippen LogP contribution in [0.25, 0.3) is 0 Å². The number of amides is 2. The van der Waals surface area contributed by atoms with Crippen LogP contribution in [0.1, 0.15) is 38.3 Å². The van der Waals surface area contributed by atoms with Crippen molar-refractivity contribution in [3.63, 3.8) is 0 Å². The first kappa shape index (κ1) is 23.2. The summed E-state index contributed by atoms with van der Waals surface area (Å²) in [6, 6.07) is 14.6. The zero-order valence-corrected chi connectivity index (χ0v) is 18.6. The number of carbonyl (C=O) groups is 2. The summed E-state index contributed by atoms with van der Waals surface area (Å²) >= 11 is 12.1. The Balaban J connectivity index is 2.22. The van der Waals surface area contributed by atoms with Gasteiger partial charge in [-0.05, 0) is 49.9 Å². The maximum Gasteiger partial charge on any atom is 0.242 e. The molecule has 0 aliphatic carbocycles. The van der Waals surface area contributed by atoms with E-state index in [2.05, 4.69) is 5.32 Å². The SMILES string of the molecule is CCC(C(=O)NC(C)C)N(CCc1ccccc1)C(=O)Cc1ccc(Cl)c(Cl)c1. The monoisotopic (exact) mass is 434 g/mol. The molecule has 1 atom stereocenters. The molecule has 0 aliphatic rings. The lowest BCUT2D eigenvalue weighted by Crippen LogP contribution is -2.51. The molecule has 2 amide bonds. The number of rotatable bonds is 9. The highest BCUT2D eigenvalue weighted by Crippen LogP contribution is 2.23. The van der Waals surface area contributed by atoms with Gasteiger partial charge in [0, 0.05) is 12.6 Å². The van der Waals surface area contributed by atoms with Gasteiger partial charge in [-0.2, -0.15) is 0 Å². The van der Waals surface area contributed by atoms with Gasteiger partial charge in [-0.25, -0.2) is 0 Å². The van der Waals surface area contributed by atoms with Crippen LogP contribution < -0.4 is 5.32 Å². The van der Waals surface area contributed by atoms with Crippen LogP contribution in [-0.2, 0) is 22.4 Å². The van der Waals surface area contributed by atoms with E-state index < -0.39 is 6.04 Å². The molecule has 0 saturated heterocycles. The van der Waals surface area contributed by atoms with Crippen LogP contribution in [0.4, 0.5) is 0 Å². The predicted octanol–water partition coefficient (Wildman–Crippen LogP) is 4.91. The maximum absolute atomic E-state index is 13.2. The molecule has 0 saturated carbocycles. The van der Waals surface area contributed by atoms with Crippen molar-refractivity contribution < 1.29 is 9.59 Å². The summed E-state index contributed by atoms with van der Waals surface area (Å²) in [7, 11) is 0. The fraction of sp³-hybridized carbons (Fsp3) is 0.391. The van der Waals surface area contributed by atoms with Gasteiger partial charge in [0.25, 0.3) is 0 Å². The third-order valence-corrected chi connectivity index (χ3v) is 5.38. The number of halogens is 2. The first-order valence-electron chi connectivity index (χ1n) is 9.89. The van der Waals surface area contributed by atoms with Crippen LogP contribution in [-0.4, -0.2) is 35.3 Å². The van der Waals surface area contributed by atoms with Crippen molar-refractivity contribution >= 4 is 35.0 Å². The van der Waals surface area contributed by atoms with Crippen molar-refractivity contribution in [3.8, 4) is 0 Å². The minimum atomic E-state index is -0.517. The third-order valence-electron chi connectivity index (χ3n) is 4.64. The maximum atomic E-state index is 13.2. The van der Waals surface area contributed by atoms with Crippen LogP contribution in [0.3, 0.4) is 0 Å². The summed E-state index contributed by atoms with van der Waals surface area (Å²) in [6.45, 7) is 6.22. The van der Waals surface area contributed by atoms with Crippen molar-refractivity contribution in [1.82, 2.24) is 10.2 Å². The quantitative estimate of drug-likeness (QED) is 0.609. The second-order valence-corrected chi connectivity index (χ2v) is 8.15. The second-order valence-electron chi connectivity index (χ2n) is 7.34. The molecule has 0 bridgehead atoms. The Kier molecular flexibility index (Phi) is 8.99. The molecule has 29 heavy (non-hydrogen) atoms. The standard InChI is InChI=1S/C23H28Cl2N2O2/c1-4-21(23(29)26-16(2)3)27(13-12-17-8-6-5-7-9-17)22(28)15-18-10-11-19(24)20(25)14-18/h5-11,14,16,21H,4,12-13,15H2,1-3H3,(H,26,29). The van der Waals surface area contributed by atoms with E-state index in [1.165, 1.54) is 0 Å². The number of nitrogens with zero attached hydrogens (tertiary/aromatic N) is 1. The molecule has 4 nitrogen and oxygen atoms in total. The van der Waals surface area contributed by atoms with Gasteiger partial charge < -0.3 is 10.2 Å². The highest BCUT2D eigenvalue weighted by atomic mass is 35.5. The summed E-state index contributed by atoms with van der Waals surface area (Å²) in [4.78, 5) is 27.6. The van der Waals surface area contributed by atoms with Crippen molar-refractivity contribution in [2.45, 2.75) is 52.1 Å². The molecule has 2 aromatic carbocycles. The predicted molar refractivity (Wildman–Crippen MR) is 119 cm³/mol. The summed E-state index contributed by atoms with van der Waals surface area (Å²) in [5.74, 6) is -0.233. The molecule has 156 valence electrons. The van der Waals surface area contributed by atoms with E-state index in [1.54, 1.807) is 23.1 Å². The van der Waals surface area contributed by atoms with E-state index in [0.717, 1.165) is 11.1 Å². The Hall–Kier alpha value is -2.04. The van der Waals surface area contributed by atoms with Gasteiger partial charge in [0.15, 0.2) is 0 Å². The summed E-state index contributed by atoms with van der Waals surface area (Å²) in [6.07, 6.45) is 1.39. The van der Waals surface area contributed by atoms with E-state index in [1.807, 2.05) is 51.1 Å². The molecule has 0 spiro atoms. The van der Waals surface area contributed by atoms with E-state index in [-0.39, 0.29) is 24.3 Å². The molecule has 2 rings (SSSR count). The molecule has 0 radical (unpaired) electrons. The Morgan fingerprint density at radius 2 is 1.69 bits per heavy atom. The number of hydrogen-bond donors (Lipinski definition) is 1. The zero-order chi connectivity index (χ0) is 21.4. The van der Waals surface area contributed by atoms with Crippen LogP contribution in [0.5, 0.6) is 0 Å². The average Bonchev–Trinajstić information content (AvgIpc) is 2.68. The molecule has 1 unspecified atom stereocenters. The third kappa shape index (κ3) is 7.06. The number of carbonyl (C=O) groups excluding carboxylic acids is 2. The average molecular weight is 435 g/mol. The van der Waals surface area contributed by atoms with Gasteiger partial charge in [-0.1, -0.05) is 66.5 Å². The molecule has 0 heterocycles. The van der Waals surface area contributed by atoms with Crippen LogP contribution >= 0.6 is 23.2 Å². The largest absolute Gasteiger partial charge is 0.352 e. The summed E-state index contributed by atoms with van der Waals surface area (Å²) in [5.41, 5.74) is 1.90. The second kappa shape index (κ2) is 11.2. The van der Waals surface area contributed by atoms with E-state index in [0.29, 0.717) is 29.4 Å².